The maximum Gasteiger partial charge on any atom is 0.246 e. The van der Waals surface area contributed by atoms with Gasteiger partial charge >= 0.3 is 0 Å². The molecule has 1 aliphatic rings. The predicted molar refractivity (Wildman–Crippen MR) is 216 cm³/mol. The molecule has 0 saturated carbocycles. The zero-order valence-corrected chi connectivity index (χ0v) is 32.1. The van der Waals surface area contributed by atoms with E-state index in [2.05, 4.69) is 66.2 Å². The highest BCUT2D eigenvalue weighted by molar-refractivity contribution is 5.92. The highest BCUT2D eigenvalue weighted by Crippen LogP contribution is 2.30. The van der Waals surface area contributed by atoms with E-state index < -0.39 is 0 Å². The van der Waals surface area contributed by atoms with Crippen LogP contribution in [0, 0.1) is 33.5 Å². The van der Waals surface area contributed by atoms with Crippen LogP contribution >= 0.6 is 12.4 Å². The molecule has 0 spiro atoms. The minimum Gasteiger partial charge on any atom is -0.490 e. The summed E-state index contributed by atoms with van der Waals surface area (Å²) in [5.41, 5.74) is 8.59. The third kappa shape index (κ3) is 11.3. The van der Waals surface area contributed by atoms with Crippen LogP contribution in [-0.4, -0.2) is 53.5 Å². The van der Waals surface area contributed by atoms with Crippen molar-refractivity contribution in [1.82, 2.24) is 14.8 Å². The average molecular weight is 748 g/mol. The number of hydrogen-bond acceptors (Lipinski definition) is 6. The molecule has 5 aromatic rings. The molecule has 0 bridgehead atoms. The number of nitrogens with zero attached hydrogens (tertiary/aromatic N) is 3. The van der Waals surface area contributed by atoms with E-state index in [1.54, 1.807) is 36.5 Å². The molecular weight excluding hydrogens is 701 g/mol. The first-order chi connectivity index (χ1) is 25.7. The van der Waals surface area contributed by atoms with Crippen molar-refractivity contribution in [1.29, 1.82) is 0 Å². The van der Waals surface area contributed by atoms with Crippen molar-refractivity contribution < 1.29 is 23.4 Å². The predicted octanol–water partition coefficient (Wildman–Crippen LogP) is 9.70. The highest BCUT2D eigenvalue weighted by atomic mass is 35.5. The first kappa shape index (κ1) is 39.8. The molecule has 0 atom stereocenters. The molecule has 54 heavy (non-hydrogen) atoms. The van der Waals surface area contributed by atoms with E-state index in [0.717, 1.165) is 53.4 Å². The van der Waals surface area contributed by atoms with Crippen molar-refractivity contribution in [3.05, 3.63) is 160 Å². The second-order valence-corrected chi connectivity index (χ2v) is 13.5. The van der Waals surface area contributed by atoms with Crippen LogP contribution in [0.3, 0.4) is 0 Å². The molecule has 6 rings (SSSR count). The summed E-state index contributed by atoms with van der Waals surface area (Å²) in [7, 11) is 0. The third-order valence-corrected chi connectivity index (χ3v) is 9.22. The fraction of sp³-hybridized carbons (Fsp3) is 0.244. The lowest BCUT2D eigenvalue weighted by atomic mass is 10.0. The van der Waals surface area contributed by atoms with Crippen molar-refractivity contribution >= 4 is 30.5 Å². The molecule has 0 unspecified atom stereocenters. The van der Waals surface area contributed by atoms with Crippen LogP contribution in [0.4, 0.5) is 4.39 Å². The van der Waals surface area contributed by atoms with Crippen molar-refractivity contribution in [2.45, 2.75) is 40.8 Å². The molecular formula is C45H47ClFN3O4. The van der Waals surface area contributed by atoms with Gasteiger partial charge in [0.05, 0.1) is 6.20 Å². The number of pyridine rings is 1. The summed E-state index contributed by atoms with van der Waals surface area (Å²) in [4.78, 5) is 21.8. The van der Waals surface area contributed by atoms with Gasteiger partial charge in [0.2, 0.25) is 11.8 Å². The quantitative estimate of drug-likeness (QED) is 0.112. The summed E-state index contributed by atoms with van der Waals surface area (Å²) in [5.74, 6) is 2.38. The minimum absolute atomic E-state index is 0. The Hall–Kier alpha value is -5.44. The molecule has 280 valence electrons. The lowest BCUT2D eigenvalue weighted by molar-refractivity contribution is -0.127. The zero-order valence-electron chi connectivity index (χ0n) is 31.3. The highest BCUT2D eigenvalue weighted by Gasteiger charge is 2.20. The SMILES string of the molecule is Cc1ccc(OC/C=C/c2ccc(CN3CCN(C(=O)/C=C/c4cc(C)c(Oc5ccc(OCc6ccc(F)cc6)cn5)c(C)c4)CC3)cc2C)cc1.Cl. The maximum absolute atomic E-state index is 13.1. The first-order valence-electron chi connectivity index (χ1n) is 18.0. The maximum atomic E-state index is 13.1. The van der Waals surface area contributed by atoms with Gasteiger partial charge in [-0.15, -0.1) is 12.4 Å². The summed E-state index contributed by atoms with van der Waals surface area (Å²) in [6.45, 7) is 12.9. The fourth-order valence-corrected chi connectivity index (χ4v) is 6.24. The van der Waals surface area contributed by atoms with Gasteiger partial charge in [-0.25, -0.2) is 9.37 Å². The van der Waals surface area contributed by atoms with Crippen LogP contribution < -0.4 is 14.2 Å². The molecule has 1 aliphatic heterocycles. The Balaban J connectivity index is 0.00000561. The van der Waals surface area contributed by atoms with Gasteiger partial charge in [0.1, 0.15) is 36.3 Å². The van der Waals surface area contributed by atoms with Crippen LogP contribution in [0.2, 0.25) is 0 Å². The number of hydrogen-bond donors (Lipinski definition) is 0. The number of benzene rings is 4. The van der Waals surface area contributed by atoms with E-state index in [9.17, 15) is 9.18 Å². The van der Waals surface area contributed by atoms with Crippen molar-refractivity contribution in [3.8, 4) is 23.1 Å². The molecule has 9 heteroatoms. The summed E-state index contributed by atoms with van der Waals surface area (Å²) in [6.07, 6.45) is 9.31. The van der Waals surface area contributed by atoms with Gasteiger partial charge < -0.3 is 19.1 Å². The Morgan fingerprint density at radius 3 is 2.11 bits per heavy atom. The zero-order chi connectivity index (χ0) is 37.2. The number of halogens is 2. The molecule has 1 saturated heterocycles. The molecule has 1 amide bonds. The Bertz CT molecular complexity index is 2030. The van der Waals surface area contributed by atoms with Gasteiger partial charge in [-0.3, -0.25) is 9.69 Å². The monoisotopic (exact) mass is 747 g/mol. The Kier molecular flexibility index (Phi) is 14.0. The number of carbonyl (C=O) groups is 1. The lowest BCUT2D eigenvalue weighted by Gasteiger charge is -2.34. The van der Waals surface area contributed by atoms with Gasteiger partial charge in [0.25, 0.3) is 0 Å². The van der Waals surface area contributed by atoms with Gasteiger partial charge in [-0.2, -0.15) is 0 Å². The van der Waals surface area contributed by atoms with Crippen LogP contribution in [0.25, 0.3) is 12.2 Å². The number of aromatic nitrogens is 1. The second kappa shape index (κ2) is 19.1. The molecule has 1 fully saturated rings. The van der Waals surface area contributed by atoms with E-state index in [0.29, 0.717) is 37.9 Å². The van der Waals surface area contributed by atoms with E-state index >= 15 is 0 Å². The van der Waals surface area contributed by atoms with E-state index in [4.69, 9.17) is 14.2 Å². The Labute approximate surface area is 324 Å². The van der Waals surface area contributed by atoms with Crippen LogP contribution in [0.1, 0.15) is 44.5 Å². The van der Waals surface area contributed by atoms with Crippen molar-refractivity contribution in [2.75, 3.05) is 32.8 Å². The molecule has 0 N–H and O–H groups in total. The fourth-order valence-electron chi connectivity index (χ4n) is 6.24. The van der Waals surface area contributed by atoms with Crippen molar-refractivity contribution in [2.24, 2.45) is 0 Å². The van der Waals surface area contributed by atoms with E-state index in [1.165, 1.54) is 34.4 Å². The van der Waals surface area contributed by atoms with E-state index in [1.807, 2.05) is 49.1 Å². The Morgan fingerprint density at radius 2 is 1.44 bits per heavy atom. The van der Waals surface area contributed by atoms with Crippen LogP contribution in [-0.2, 0) is 17.9 Å². The molecule has 4 aromatic carbocycles. The Morgan fingerprint density at radius 1 is 0.759 bits per heavy atom. The summed E-state index contributed by atoms with van der Waals surface area (Å²) in [5, 5.41) is 0. The standard InChI is InChI=1S/C45H46FN3O4.ClH/c1-32-7-16-41(17-8-32)51-25-5-6-39-13-9-38(26-33(39)2)30-48-21-23-49(24-22-48)44(50)20-12-37-27-34(3)45(35(4)28-37)53-43-19-18-42(29-47-43)52-31-36-10-14-40(46)15-11-36;/h5-20,26-29H,21-25,30-31H2,1-4H3;1H/b6-5+,20-12+;. The summed E-state index contributed by atoms with van der Waals surface area (Å²) < 4.78 is 30.9. The topological polar surface area (TPSA) is 64.1 Å². The second-order valence-electron chi connectivity index (χ2n) is 13.5. The van der Waals surface area contributed by atoms with Gasteiger partial charge in [0, 0.05) is 44.9 Å². The van der Waals surface area contributed by atoms with Crippen LogP contribution in [0.5, 0.6) is 23.1 Å². The van der Waals surface area contributed by atoms with E-state index in [-0.39, 0.29) is 24.1 Å². The van der Waals surface area contributed by atoms with Gasteiger partial charge in [0.15, 0.2) is 0 Å². The largest absolute Gasteiger partial charge is 0.490 e. The average Bonchev–Trinajstić information content (AvgIpc) is 3.16. The number of aryl methyl sites for hydroxylation is 4. The molecule has 0 radical (unpaired) electrons. The number of carbonyl (C=O) groups excluding carboxylic acids is 1. The van der Waals surface area contributed by atoms with Crippen LogP contribution in [0.15, 0.2) is 109 Å². The third-order valence-electron chi connectivity index (χ3n) is 9.22. The van der Waals surface area contributed by atoms with Gasteiger partial charge in [-0.05, 0) is 121 Å². The number of amides is 1. The smallest absolute Gasteiger partial charge is 0.246 e. The van der Waals surface area contributed by atoms with Crippen molar-refractivity contribution in [3.63, 3.8) is 0 Å². The molecule has 2 heterocycles. The number of ether oxygens (including phenoxy) is 3. The number of piperazine rings is 1. The lowest BCUT2D eigenvalue weighted by Crippen LogP contribution is -2.47. The minimum atomic E-state index is -0.278. The molecule has 7 nitrogen and oxygen atoms in total. The normalized spacial score (nSPS) is 13.2. The first-order valence-corrected chi connectivity index (χ1v) is 18.0. The molecule has 1 aromatic heterocycles. The summed E-state index contributed by atoms with van der Waals surface area (Å²) >= 11 is 0. The van der Waals surface area contributed by atoms with Gasteiger partial charge in [-0.1, -0.05) is 54.1 Å². The molecule has 0 aliphatic carbocycles. The number of rotatable bonds is 13. The summed E-state index contributed by atoms with van der Waals surface area (Å²) in [6, 6.07) is 28.5.